The molecule has 1 fully saturated rings. The maximum Gasteiger partial charge on any atom is 0.0479 e. The summed E-state index contributed by atoms with van der Waals surface area (Å²) in [5.41, 5.74) is 0. The molecule has 1 amide bonds. The van der Waals surface area contributed by atoms with Gasteiger partial charge in [0, 0.05) is 38.6 Å². The molecule has 1 radical (unpaired) electrons. The van der Waals surface area contributed by atoms with E-state index in [1.165, 1.54) is 39.0 Å². The average Bonchev–Trinajstić information content (AvgIpc) is 2.09. The molecular weight excluding hydrogens is 263 g/mol. The van der Waals surface area contributed by atoms with E-state index in [4.69, 9.17) is 0 Å². The van der Waals surface area contributed by atoms with Gasteiger partial charge in [0.25, 0.3) is 0 Å². The maximum absolute atomic E-state index is 10.0. The summed E-state index contributed by atoms with van der Waals surface area (Å²) in [7, 11) is 0. The Balaban J connectivity index is 0. The molecule has 1 aliphatic rings. The summed E-state index contributed by atoms with van der Waals surface area (Å²) in [5, 5.41) is 3.60. The van der Waals surface area contributed by atoms with Gasteiger partial charge in [-0.2, -0.15) is 0 Å². The van der Waals surface area contributed by atoms with Crippen LogP contribution in [-0.2, 0) is 37.5 Å². The fraction of sp³-hybridized carbons (Fsp3) is 0.917. The first-order valence-electron chi connectivity index (χ1n) is 5.88. The minimum atomic E-state index is -0.0677. The quantitative estimate of drug-likeness (QED) is 0.771. The van der Waals surface area contributed by atoms with Crippen LogP contribution >= 0.6 is 0 Å². The van der Waals surface area contributed by atoms with Crippen LogP contribution in [0.15, 0.2) is 0 Å². The van der Waals surface area contributed by atoms with Crippen molar-refractivity contribution in [2.45, 2.75) is 59.3 Å². The molecule has 3 heteroatoms. The van der Waals surface area contributed by atoms with Crippen molar-refractivity contribution < 1.29 is 37.5 Å². The molecule has 0 N–H and O–H groups in total. The SMILES string of the molecule is CCCC1CCC1.CCC[N-]C(C)=O.[Y]. The Morgan fingerprint density at radius 3 is 2.00 bits per heavy atom. The molecule has 87 valence electrons. The van der Waals surface area contributed by atoms with Crippen molar-refractivity contribution >= 4 is 5.91 Å². The molecule has 0 heterocycles. The van der Waals surface area contributed by atoms with Gasteiger partial charge in [0.2, 0.25) is 0 Å². The van der Waals surface area contributed by atoms with Gasteiger partial charge in [-0.3, -0.25) is 0 Å². The average molecular weight is 287 g/mol. The molecule has 0 aromatic rings. The summed E-state index contributed by atoms with van der Waals surface area (Å²) < 4.78 is 0. The second-order valence-corrected chi connectivity index (χ2v) is 3.99. The van der Waals surface area contributed by atoms with Gasteiger partial charge in [0.05, 0.1) is 0 Å². The Labute approximate surface area is 120 Å². The molecule has 0 bridgehead atoms. The van der Waals surface area contributed by atoms with Gasteiger partial charge in [0.1, 0.15) is 0 Å². The summed E-state index contributed by atoms with van der Waals surface area (Å²) in [6, 6.07) is 0. The molecule has 0 aromatic carbocycles. The van der Waals surface area contributed by atoms with Crippen molar-refractivity contribution in [2.24, 2.45) is 5.92 Å². The van der Waals surface area contributed by atoms with Crippen molar-refractivity contribution in [3.05, 3.63) is 5.32 Å². The zero-order valence-corrected chi connectivity index (χ0v) is 13.3. The second-order valence-electron chi connectivity index (χ2n) is 3.99. The molecule has 0 aliphatic heterocycles. The van der Waals surface area contributed by atoms with Crippen LogP contribution < -0.4 is 0 Å². The normalized spacial score (nSPS) is 14.1. The van der Waals surface area contributed by atoms with E-state index in [0.29, 0.717) is 6.54 Å². The van der Waals surface area contributed by atoms with E-state index in [9.17, 15) is 4.79 Å². The van der Waals surface area contributed by atoms with E-state index in [-0.39, 0.29) is 38.6 Å². The number of carbonyl (C=O) groups is 1. The van der Waals surface area contributed by atoms with Gasteiger partial charge in [-0.1, -0.05) is 52.4 Å². The summed E-state index contributed by atoms with van der Waals surface area (Å²) in [5.74, 6) is 1.06. The number of nitrogens with zero attached hydrogens (tertiary/aromatic N) is 1. The molecule has 1 saturated carbocycles. The Morgan fingerprint density at radius 1 is 1.27 bits per heavy atom. The second kappa shape index (κ2) is 12.6. The largest absolute Gasteiger partial charge is 0.654 e. The molecule has 0 atom stereocenters. The number of hydrogen-bond acceptors (Lipinski definition) is 1. The molecule has 2 nitrogen and oxygen atoms in total. The smallest absolute Gasteiger partial charge is 0.0479 e. The van der Waals surface area contributed by atoms with Crippen LogP contribution in [0.5, 0.6) is 0 Å². The summed E-state index contributed by atoms with van der Waals surface area (Å²) >= 11 is 0. The van der Waals surface area contributed by atoms with Crippen LogP contribution in [0.25, 0.3) is 5.32 Å². The summed E-state index contributed by atoms with van der Waals surface area (Å²) in [4.78, 5) is 10.0. The maximum atomic E-state index is 10.0. The Hall–Kier alpha value is 0.574. The molecule has 0 aromatic heterocycles. The fourth-order valence-corrected chi connectivity index (χ4v) is 1.46. The first-order chi connectivity index (χ1) is 6.70. The van der Waals surface area contributed by atoms with Crippen LogP contribution in [0.3, 0.4) is 0 Å². The third-order valence-corrected chi connectivity index (χ3v) is 2.48. The molecule has 15 heavy (non-hydrogen) atoms. The summed E-state index contributed by atoms with van der Waals surface area (Å²) in [6.45, 7) is 6.41. The van der Waals surface area contributed by atoms with Gasteiger partial charge in [0.15, 0.2) is 0 Å². The first-order valence-corrected chi connectivity index (χ1v) is 5.88. The van der Waals surface area contributed by atoms with E-state index in [0.717, 1.165) is 12.3 Å². The molecule has 0 saturated heterocycles. The predicted octanol–water partition coefficient (Wildman–Crippen LogP) is 3.90. The van der Waals surface area contributed by atoms with E-state index in [1.807, 2.05) is 6.92 Å². The first kappa shape index (κ1) is 18.0. The van der Waals surface area contributed by atoms with Crippen LogP contribution in [0.2, 0.25) is 0 Å². The Kier molecular flexibility index (Phi) is 15.1. The van der Waals surface area contributed by atoms with Crippen LogP contribution in [0.1, 0.15) is 59.3 Å². The van der Waals surface area contributed by atoms with Gasteiger partial charge in [-0.25, -0.2) is 0 Å². The topological polar surface area (TPSA) is 31.2 Å². The predicted molar refractivity (Wildman–Crippen MR) is 61.4 cm³/mol. The Bertz CT molecular complexity index is 147. The Morgan fingerprint density at radius 2 is 1.87 bits per heavy atom. The van der Waals surface area contributed by atoms with Crippen molar-refractivity contribution in [3.8, 4) is 0 Å². The molecule has 0 unspecified atom stereocenters. The number of hydrogen-bond donors (Lipinski definition) is 0. The van der Waals surface area contributed by atoms with Gasteiger partial charge in [-0.15, -0.1) is 6.54 Å². The van der Waals surface area contributed by atoms with Gasteiger partial charge < -0.3 is 10.1 Å². The van der Waals surface area contributed by atoms with Crippen LogP contribution in [0, 0.1) is 5.92 Å². The summed E-state index contributed by atoms with van der Waals surface area (Å²) in [6.07, 6.45) is 8.39. The van der Waals surface area contributed by atoms with Crippen LogP contribution in [0.4, 0.5) is 0 Å². The number of carbonyl (C=O) groups excluding carboxylic acids is 1. The third kappa shape index (κ3) is 12.5. The van der Waals surface area contributed by atoms with Crippen LogP contribution in [-0.4, -0.2) is 12.5 Å². The third-order valence-electron chi connectivity index (χ3n) is 2.48. The van der Waals surface area contributed by atoms with Crippen molar-refractivity contribution in [1.29, 1.82) is 0 Å². The minimum Gasteiger partial charge on any atom is -0.654 e. The zero-order chi connectivity index (χ0) is 10.8. The molecule has 1 rings (SSSR count). The van der Waals surface area contributed by atoms with Crippen molar-refractivity contribution in [1.82, 2.24) is 0 Å². The molecule has 1 aliphatic carbocycles. The van der Waals surface area contributed by atoms with E-state index >= 15 is 0 Å². The zero-order valence-electron chi connectivity index (χ0n) is 10.5. The number of amides is 1. The molecule has 0 spiro atoms. The standard InChI is InChI=1S/C7H14.C5H11NO.Y/c1-2-4-7-5-3-6-7;1-3-4-6-5(2)7;/h7H,2-6H2,1H3;3-4H2,1-2H3,(H,6,7);/p-1. The van der Waals surface area contributed by atoms with Crippen molar-refractivity contribution in [3.63, 3.8) is 0 Å². The van der Waals surface area contributed by atoms with E-state index < -0.39 is 0 Å². The fourth-order valence-electron chi connectivity index (χ4n) is 1.46. The molecular formula is C12H24NOY-. The van der Waals surface area contributed by atoms with E-state index in [2.05, 4.69) is 12.2 Å². The number of rotatable bonds is 4. The van der Waals surface area contributed by atoms with Gasteiger partial charge in [-0.05, 0) is 12.8 Å². The van der Waals surface area contributed by atoms with Gasteiger partial charge >= 0.3 is 0 Å². The minimum absolute atomic E-state index is 0. The monoisotopic (exact) mass is 287 g/mol. The van der Waals surface area contributed by atoms with E-state index in [1.54, 1.807) is 0 Å². The van der Waals surface area contributed by atoms with Crippen molar-refractivity contribution in [2.75, 3.05) is 6.54 Å².